The van der Waals surface area contributed by atoms with E-state index < -0.39 is 21.5 Å². The fourth-order valence-corrected chi connectivity index (χ4v) is 41.1. The summed E-state index contributed by atoms with van der Waals surface area (Å²) >= 11 is 2.34. The van der Waals surface area contributed by atoms with Crippen molar-refractivity contribution >= 4 is 46.7 Å². The fourth-order valence-electron chi connectivity index (χ4n) is 8.49. The quantitative estimate of drug-likeness (QED) is 0.170. The van der Waals surface area contributed by atoms with Crippen molar-refractivity contribution in [2.45, 2.75) is 93.5 Å². The molecule has 0 amide bonds. The van der Waals surface area contributed by atoms with Crippen LogP contribution in [0.15, 0.2) is 90.0 Å². The second-order valence-corrected chi connectivity index (χ2v) is 60.2. The van der Waals surface area contributed by atoms with Gasteiger partial charge in [-0.25, -0.2) is 0 Å². The molecule has 4 aromatic rings. The van der Waals surface area contributed by atoms with Gasteiger partial charge in [-0.3, -0.25) is 0 Å². The van der Waals surface area contributed by atoms with Gasteiger partial charge in [0, 0.05) is 0 Å². The predicted molar refractivity (Wildman–Crippen MR) is 219 cm³/mol. The molecule has 0 bridgehead atoms. The number of rotatable bonds is 6. The van der Waals surface area contributed by atoms with Crippen molar-refractivity contribution in [2.24, 2.45) is 5.92 Å². The van der Waals surface area contributed by atoms with Crippen molar-refractivity contribution in [1.82, 2.24) is 0 Å². The second kappa shape index (κ2) is 12.8. The Labute approximate surface area is 309 Å². The normalized spacial score (nSPS) is 18.7. The molecule has 2 unspecified atom stereocenters. The van der Waals surface area contributed by atoms with Crippen molar-refractivity contribution in [2.75, 3.05) is 0 Å². The number of hydrogen-bond acceptors (Lipinski definition) is 0. The number of halogens is 3. The third-order valence-electron chi connectivity index (χ3n) is 11.4. The van der Waals surface area contributed by atoms with E-state index >= 15 is 0 Å². The van der Waals surface area contributed by atoms with E-state index in [9.17, 15) is 0 Å². The van der Waals surface area contributed by atoms with E-state index in [1.807, 2.05) is 0 Å². The standard InChI is InChI=1S/C22H25.C20H20Cl.C2H7Si.2ClH.Zr/c1-15(2)18-13-17-7-6-8-20(21(17)14-18)16-9-11-19(12-10-16)22(3,4)5;1-13-11-17-16(9-10-19(21)18(17)12-13)14-5-7-15(8-6-14)20(2,3)4;1-3-2;;;/h6-15H,1-5H3;5-12H,1-4H3;3H,1-2H3;2*1H;/q;;;;;+2/p-2. The molecule has 0 aromatic heterocycles. The van der Waals surface area contributed by atoms with Crippen molar-refractivity contribution < 1.29 is 15.6 Å². The second-order valence-electron chi connectivity index (χ2n) is 17.3. The van der Waals surface area contributed by atoms with Crippen LogP contribution in [0.4, 0.5) is 0 Å². The molecule has 0 heterocycles. The first-order chi connectivity index (χ1) is 22.7. The molecule has 0 fully saturated rings. The van der Waals surface area contributed by atoms with Gasteiger partial charge in [0.2, 0.25) is 0 Å². The van der Waals surface area contributed by atoms with Gasteiger partial charge >= 0.3 is 312 Å². The summed E-state index contributed by atoms with van der Waals surface area (Å²) in [5.41, 5.74) is 15.3. The summed E-state index contributed by atoms with van der Waals surface area (Å²) in [6, 6.07) is 29.2. The van der Waals surface area contributed by atoms with E-state index in [0.29, 0.717) is 5.92 Å². The van der Waals surface area contributed by atoms with Crippen LogP contribution in [0.5, 0.6) is 0 Å². The van der Waals surface area contributed by atoms with E-state index in [-0.39, 0.29) is 18.1 Å². The zero-order valence-electron chi connectivity index (χ0n) is 31.1. The van der Waals surface area contributed by atoms with Crippen LogP contribution < -0.4 is 0 Å². The zero-order chi connectivity index (χ0) is 35.9. The van der Waals surface area contributed by atoms with Crippen LogP contribution >= 0.6 is 28.6 Å². The SMILES string of the molecule is CC1=Cc2c(-c3ccc(C(C)(C)C)cc3)ccc(Cl)c2[CH]1[Zr]([Cl])([Cl])([CH]1C(C(C)C)=Cc2c(-c3ccc(C(C)(C)C)cc3)cccc21)[SiH](C)C. The van der Waals surface area contributed by atoms with E-state index in [1.54, 1.807) is 0 Å². The van der Waals surface area contributed by atoms with Gasteiger partial charge < -0.3 is 0 Å². The Balaban J connectivity index is 1.54. The summed E-state index contributed by atoms with van der Waals surface area (Å²) in [4.78, 5) is 0. The first kappa shape index (κ1) is 37.1. The van der Waals surface area contributed by atoms with Crippen LogP contribution in [0.2, 0.25) is 18.1 Å². The maximum atomic E-state index is 8.64. The van der Waals surface area contributed by atoms with Crippen LogP contribution in [-0.2, 0) is 26.4 Å². The average molecular weight is 807 g/mol. The Morgan fingerprint density at radius 1 is 0.653 bits per heavy atom. The molecule has 2 aliphatic rings. The van der Waals surface area contributed by atoms with Gasteiger partial charge in [0.25, 0.3) is 0 Å². The van der Waals surface area contributed by atoms with Crippen molar-refractivity contribution in [3.05, 3.63) is 128 Å². The molecule has 2 aliphatic carbocycles. The predicted octanol–water partition coefficient (Wildman–Crippen LogP) is 14.5. The zero-order valence-corrected chi connectivity index (χ0v) is 37.0. The van der Waals surface area contributed by atoms with Gasteiger partial charge in [0.05, 0.1) is 0 Å². The Hall–Kier alpha value is -1.67. The van der Waals surface area contributed by atoms with Crippen LogP contribution in [0.3, 0.4) is 0 Å². The van der Waals surface area contributed by atoms with E-state index in [2.05, 4.69) is 166 Å². The molecule has 0 radical (unpaired) electrons. The molecule has 2 atom stereocenters. The monoisotopic (exact) mass is 803 g/mol. The van der Waals surface area contributed by atoms with Crippen LogP contribution in [0.25, 0.3) is 34.4 Å². The molecule has 0 saturated heterocycles. The van der Waals surface area contributed by atoms with Crippen molar-refractivity contribution in [3.8, 4) is 22.3 Å². The van der Waals surface area contributed by atoms with Gasteiger partial charge in [-0.05, 0) is 0 Å². The number of hydrogen-bond donors (Lipinski definition) is 0. The maximum absolute atomic E-state index is 8.64. The Morgan fingerprint density at radius 2 is 1.16 bits per heavy atom. The molecule has 0 saturated carbocycles. The van der Waals surface area contributed by atoms with Gasteiger partial charge in [-0.1, -0.05) is 0 Å². The summed E-state index contributed by atoms with van der Waals surface area (Å²) in [6.45, 7) is 25.3. The molecule has 4 aromatic carbocycles. The van der Waals surface area contributed by atoms with Gasteiger partial charge in [0.1, 0.15) is 0 Å². The van der Waals surface area contributed by atoms with E-state index in [4.69, 9.17) is 28.6 Å². The number of fused-ring (bicyclic) bond motifs is 2. The first-order valence-corrected chi connectivity index (χ1v) is 34.6. The first-order valence-electron chi connectivity index (χ1n) is 17.9. The Bertz CT molecular complexity index is 1980. The molecule has 5 heteroatoms. The third kappa shape index (κ3) is 6.18. The molecule has 0 spiro atoms. The average Bonchev–Trinajstić information content (AvgIpc) is 3.61. The van der Waals surface area contributed by atoms with Crippen LogP contribution in [-0.4, -0.2) is 5.92 Å². The molecule has 0 nitrogen and oxygen atoms in total. The molecule has 0 aliphatic heterocycles. The minimum absolute atomic E-state index is 0.0188. The van der Waals surface area contributed by atoms with E-state index in [0.717, 1.165) is 10.6 Å². The Kier molecular flexibility index (Phi) is 9.67. The molecular formula is C44H52Cl3SiZr. The fraction of sp³-hybridized carbons (Fsp3) is 0.364. The summed E-state index contributed by atoms with van der Waals surface area (Å²) in [5, 5.41) is 0.778. The topological polar surface area (TPSA) is 0 Å². The number of benzene rings is 4. The Morgan fingerprint density at radius 3 is 1.63 bits per heavy atom. The van der Waals surface area contributed by atoms with Gasteiger partial charge in [-0.2, -0.15) is 0 Å². The van der Waals surface area contributed by atoms with Crippen LogP contribution in [0.1, 0.15) is 103 Å². The molecule has 257 valence electrons. The summed E-state index contributed by atoms with van der Waals surface area (Å²) in [6.07, 6.45) is 4.81. The van der Waals surface area contributed by atoms with Crippen molar-refractivity contribution in [1.29, 1.82) is 0 Å². The number of allylic oxidation sites excluding steroid dienone is 2. The summed E-state index contributed by atoms with van der Waals surface area (Å²) < 4.78 is -0.0362. The molecule has 49 heavy (non-hydrogen) atoms. The molecular weight excluding hydrogens is 754 g/mol. The van der Waals surface area contributed by atoms with Crippen molar-refractivity contribution in [3.63, 3.8) is 0 Å². The summed E-state index contributed by atoms with van der Waals surface area (Å²) in [7, 11) is 17.3. The van der Waals surface area contributed by atoms with Crippen LogP contribution in [0, 0.1) is 5.92 Å². The molecule has 6 rings (SSSR count). The van der Waals surface area contributed by atoms with Gasteiger partial charge in [-0.15, -0.1) is 0 Å². The van der Waals surface area contributed by atoms with E-state index in [1.165, 1.54) is 61.2 Å². The van der Waals surface area contributed by atoms with Gasteiger partial charge in [0.15, 0.2) is 0 Å². The third-order valence-corrected chi connectivity index (χ3v) is 63.7. The summed E-state index contributed by atoms with van der Waals surface area (Å²) in [5.74, 6) is -1.40. The minimum atomic E-state index is -4.95. The molecule has 0 N–H and O–H groups in total.